The molecular formula is C14H22ClN3O. The second kappa shape index (κ2) is 7.48. The maximum absolute atomic E-state index is 11.1. The highest BCUT2D eigenvalue weighted by Crippen LogP contribution is 2.14. The van der Waals surface area contributed by atoms with Gasteiger partial charge in [-0.05, 0) is 50.7 Å². The van der Waals surface area contributed by atoms with Gasteiger partial charge < -0.3 is 11.1 Å². The van der Waals surface area contributed by atoms with Gasteiger partial charge in [-0.2, -0.15) is 0 Å². The van der Waals surface area contributed by atoms with Crippen LogP contribution in [0.15, 0.2) is 24.3 Å². The normalized spacial score (nSPS) is 16.1. The molecule has 1 aliphatic rings. The highest BCUT2D eigenvalue weighted by molar-refractivity contribution is 5.92. The van der Waals surface area contributed by atoms with Crippen LogP contribution in [0.3, 0.4) is 0 Å². The monoisotopic (exact) mass is 283 g/mol. The highest BCUT2D eigenvalue weighted by atomic mass is 35.5. The molecule has 0 saturated carbocycles. The van der Waals surface area contributed by atoms with Gasteiger partial charge in [0, 0.05) is 18.2 Å². The van der Waals surface area contributed by atoms with Crippen molar-refractivity contribution in [3.8, 4) is 0 Å². The molecule has 5 heteroatoms. The van der Waals surface area contributed by atoms with E-state index >= 15 is 0 Å². The first kappa shape index (κ1) is 16.0. The van der Waals surface area contributed by atoms with Crippen molar-refractivity contribution >= 4 is 18.3 Å². The van der Waals surface area contributed by atoms with Crippen LogP contribution in [0.4, 0.5) is 0 Å². The van der Waals surface area contributed by atoms with Gasteiger partial charge in [-0.25, -0.2) is 0 Å². The summed E-state index contributed by atoms with van der Waals surface area (Å²) in [5, 5.41) is 3.37. The van der Waals surface area contributed by atoms with E-state index in [0.29, 0.717) is 11.6 Å². The molecule has 0 bridgehead atoms. The Labute approximate surface area is 120 Å². The van der Waals surface area contributed by atoms with Crippen molar-refractivity contribution in [3.63, 3.8) is 0 Å². The number of hydrogen-bond acceptors (Lipinski definition) is 3. The van der Waals surface area contributed by atoms with Crippen molar-refractivity contribution in [2.45, 2.75) is 25.4 Å². The molecule has 0 spiro atoms. The van der Waals surface area contributed by atoms with Crippen LogP contribution in [0.2, 0.25) is 0 Å². The minimum Gasteiger partial charge on any atom is -0.366 e. The number of piperidine rings is 1. The summed E-state index contributed by atoms with van der Waals surface area (Å²) in [5.41, 5.74) is 7.03. The van der Waals surface area contributed by atoms with Gasteiger partial charge in [0.1, 0.15) is 0 Å². The van der Waals surface area contributed by atoms with Crippen LogP contribution in [-0.2, 0) is 6.54 Å². The molecule has 0 atom stereocenters. The lowest BCUT2D eigenvalue weighted by Gasteiger charge is -2.31. The van der Waals surface area contributed by atoms with Crippen LogP contribution in [0.25, 0.3) is 0 Å². The number of rotatable bonds is 4. The van der Waals surface area contributed by atoms with Crippen LogP contribution in [0.1, 0.15) is 28.8 Å². The Hall–Kier alpha value is -1.10. The topological polar surface area (TPSA) is 58.4 Å². The summed E-state index contributed by atoms with van der Waals surface area (Å²) in [6, 6.07) is 8.22. The molecule has 1 amide bonds. The van der Waals surface area contributed by atoms with Gasteiger partial charge in [0.05, 0.1) is 0 Å². The molecule has 0 aliphatic carbocycles. The number of carbonyl (C=O) groups excluding carboxylic acids is 1. The summed E-state index contributed by atoms with van der Waals surface area (Å²) < 4.78 is 0. The zero-order valence-electron chi connectivity index (χ0n) is 11.3. The Balaban J connectivity index is 0.00000180. The molecule has 4 nitrogen and oxygen atoms in total. The summed E-state index contributed by atoms with van der Waals surface area (Å²) >= 11 is 0. The Kier molecular flexibility index (Phi) is 6.28. The summed E-state index contributed by atoms with van der Waals surface area (Å²) in [6.45, 7) is 3.05. The Morgan fingerprint density at radius 3 is 2.74 bits per heavy atom. The first-order chi connectivity index (χ1) is 8.66. The Morgan fingerprint density at radius 1 is 1.42 bits per heavy atom. The summed E-state index contributed by atoms with van der Waals surface area (Å²) in [6.07, 6.45) is 2.37. The van der Waals surface area contributed by atoms with E-state index in [9.17, 15) is 4.79 Å². The molecule has 1 saturated heterocycles. The largest absolute Gasteiger partial charge is 0.366 e. The number of nitrogens with zero attached hydrogens (tertiary/aromatic N) is 1. The number of halogens is 1. The number of hydrogen-bond donors (Lipinski definition) is 2. The maximum Gasteiger partial charge on any atom is 0.248 e. The summed E-state index contributed by atoms with van der Waals surface area (Å²) in [5.74, 6) is -0.360. The lowest BCUT2D eigenvalue weighted by Crippen LogP contribution is -2.40. The molecule has 106 valence electrons. The third kappa shape index (κ3) is 4.49. The van der Waals surface area contributed by atoms with Gasteiger partial charge in [-0.3, -0.25) is 9.69 Å². The maximum atomic E-state index is 11.1. The minimum absolute atomic E-state index is 0. The standard InChI is InChI=1S/C14H21N3O.ClH/c1-17(13-5-7-16-8-6-13)10-11-3-2-4-12(9-11)14(15)18;/h2-4,9,13,16H,5-8,10H2,1H3,(H2,15,18);1H. The Bertz CT molecular complexity index is 419. The van der Waals surface area contributed by atoms with Gasteiger partial charge in [0.25, 0.3) is 0 Å². The van der Waals surface area contributed by atoms with E-state index in [0.717, 1.165) is 25.2 Å². The number of carbonyl (C=O) groups is 1. The molecule has 1 heterocycles. The van der Waals surface area contributed by atoms with Crippen molar-refractivity contribution in [3.05, 3.63) is 35.4 Å². The van der Waals surface area contributed by atoms with Crippen LogP contribution < -0.4 is 11.1 Å². The van der Waals surface area contributed by atoms with Crippen molar-refractivity contribution in [1.82, 2.24) is 10.2 Å². The second-order valence-corrected chi connectivity index (χ2v) is 4.96. The zero-order chi connectivity index (χ0) is 13.0. The third-order valence-electron chi connectivity index (χ3n) is 3.58. The quantitative estimate of drug-likeness (QED) is 0.878. The number of benzene rings is 1. The lowest BCUT2D eigenvalue weighted by atomic mass is 10.0. The smallest absolute Gasteiger partial charge is 0.248 e. The molecule has 1 aliphatic heterocycles. The molecule has 3 N–H and O–H groups in total. The van der Waals surface area contributed by atoms with E-state index in [-0.39, 0.29) is 18.3 Å². The summed E-state index contributed by atoms with van der Waals surface area (Å²) in [4.78, 5) is 13.5. The molecule has 0 aromatic heterocycles. The molecule has 1 aromatic carbocycles. The van der Waals surface area contributed by atoms with Crippen LogP contribution in [0.5, 0.6) is 0 Å². The van der Waals surface area contributed by atoms with Crippen molar-refractivity contribution in [1.29, 1.82) is 0 Å². The molecule has 0 unspecified atom stereocenters. The fourth-order valence-electron chi connectivity index (χ4n) is 2.49. The highest BCUT2D eigenvalue weighted by Gasteiger charge is 2.17. The van der Waals surface area contributed by atoms with E-state index in [1.54, 1.807) is 6.07 Å². The van der Waals surface area contributed by atoms with Crippen LogP contribution in [0, 0.1) is 0 Å². The predicted molar refractivity (Wildman–Crippen MR) is 79.6 cm³/mol. The average molecular weight is 284 g/mol. The first-order valence-corrected chi connectivity index (χ1v) is 6.46. The average Bonchev–Trinajstić information content (AvgIpc) is 2.40. The predicted octanol–water partition coefficient (Wildman–Crippen LogP) is 1.39. The fraction of sp³-hybridized carbons (Fsp3) is 0.500. The van der Waals surface area contributed by atoms with E-state index in [1.165, 1.54) is 12.8 Å². The van der Waals surface area contributed by atoms with E-state index in [2.05, 4.69) is 17.3 Å². The van der Waals surface area contributed by atoms with Gasteiger partial charge in [-0.1, -0.05) is 12.1 Å². The van der Waals surface area contributed by atoms with Crippen molar-refractivity contribution < 1.29 is 4.79 Å². The van der Waals surface area contributed by atoms with Gasteiger partial charge >= 0.3 is 0 Å². The molecule has 1 aromatic rings. The molecule has 0 radical (unpaired) electrons. The molecule has 1 fully saturated rings. The number of nitrogens with two attached hydrogens (primary N) is 1. The Morgan fingerprint density at radius 2 is 2.11 bits per heavy atom. The van der Waals surface area contributed by atoms with Crippen molar-refractivity contribution in [2.75, 3.05) is 20.1 Å². The third-order valence-corrected chi connectivity index (χ3v) is 3.58. The second-order valence-electron chi connectivity index (χ2n) is 4.96. The van der Waals surface area contributed by atoms with E-state index in [4.69, 9.17) is 5.73 Å². The fourth-order valence-corrected chi connectivity index (χ4v) is 2.49. The SMILES string of the molecule is CN(Cc1cccc(C(N)=O)c1)C1CCNCC1.Cl. The minimum atomic E-state index is -0.360. The van der Waals surface area contributed by atoms with Crippen LogP contribution >= 0.6 is 12.4 Å². The summed E-state index contributed by atoms with van der Waals surface area (Å²) in [7, 11) is 2.15. The van der Waals surface area contributed by atoms with E-state index < -0.39 is 0 Å². The van der Waals surface area contributed by atoms with Gasteiger partial charge in [-0.15, -0.1) is 12.4 Å². The van der Waals surface area contributed by atoms with Gasteiger partial charge in [0.15, 0.2) is 0 Å². The van der Waals surface area contributed by atoms with E-state index in [1.807, 2.05) is 18.2 Å². The molecule has 2 rings (SSSR count). The lowest BCUT2D eigenvalue weighted by molar-refractivity contribution is 0.1000. The van der Waals surface area contributed by atoms with Crippen molar-refractivity contribution in [2.24, 2.45) is 5.73 Å². The molecular weight excluding hydrogens is 262 g/mol. The van der Waals surface area contributed by atoms with Crippen LogP contribution in [-0.4, -0.2) is 37.0 Å². The number of amides is 1. The number of primary amides is 1. The number of nitrogens with one attached hydrogen (secondary N) is 1. The zero-order valence-corrected chi connectivity index (χ0v) is 12.1. The molecule has 19 heavy (non-hydrogen) atoms. The van der Waals surface area contributed by atoms with Gasteiger partial charge in [0.2, 0.25) is 5.91 Å². The first-order valence-electron chi connectivity index (χ1n) is 6.46.